The molecule has 80 valence electrons. The SMILES string of the molecule is Cc1nc(Cl)nc2c1NC(=O)C(C)CS2. The van der Waals surface area contributed by atoms with Crippen molar-refractivity contribution in [2.75, 3.05) is 11.1 Å². The van der Waals surface area contributed by atoms with Crippen molar-refractivity contribution >= 4 is 35.0 Å². The van der Waals surface area contributed by atoms with E-state index in [9.17, 15) is 4.79 Å². The molecule has 15 heavy (non-hydrogen) atoms. The minimum atomic E-state index is -0.0256. The van der Waals surface area contributed by atoms with Crippen LogP contribution in [0.1, 0.15) is 12.6 Å². The van der Waals surface area contributed by atoms with Gasteiger partial charge in [0.1, 0.15) is 5.03 Å². The summed E-state index contributed by atoms with van der Waals surface area (Å²) in [5.41, 5.74) is 1.40. The Morgan fingerprint density at radius 2 is 2.27 bits per heavy atom. The fraction of sp³-hybridized carbons (Fsp3) is 0.444. The maximum absolute atomic E-state index is 11.6. The number of anilines is 1. The molecule has 6 heteroatoms. The Morgan fingerprint density at radius 3 is 3.00 bits per heavy atom. The van der Waals surface area contributed by atoms with Crippen molar-refractivity contribution in [3.05, 3.63) is 11.0 Å². The smallest absolute Gasteiger partial charge is 0.228 e. The average molecular weight is 244 g/mol. The van der Waals surface area contributed by atoms with Gasteiger partial charge in [0.15, 0.2) is 0 Å². The summed E-state index contributed by atoms with van der Waals surface area (Å²) in [5.74, 6) is 0.698. The van der Waals surface area contributed by atoms with Gasteiger partial charge in [-0.05, 0) is 18.5 Å². The van der Waals surface area contributed by atoms with Gasteiger partial charge >= 0.3 is 0 Å². The van der Waals surface area contributed by atoms with Gasteiger partial charge < -0.3 is 5.32 Å². The molecule has 2 heterocycles. The quantitative estimate of drug-likeness (QED) is 0.560. The second-order valence-corrected chi connectivity index (χ2v) is 4.81. The van der Waals surface area contributed by atoms with Crippen molar-refractivity contribution in [3.63, 3.8) is 0 Å². The van der Waals surface area contributed by atoms with Crippen LogP contribution in [0, 0.1) is 12.8 Å². The second kappa shape index (κ2) is 3.98. The molecule has 2 rings (SSSR count). The molecule has 1 aromatic rings. The Kier molecular flexibility index (Phi) is 2.84. The maximum atomic E-state index is 11.6. The first-order valence-electron chi connectivity index (χ1n) is 4.55. The Balaban J connectivity index is 2.47. The van der Waals surface area contributed by atoms with E-state index in [2.05, 4.69) is 15.3 Å². The van der Waals surface area contributed by atoms with Crippen molar-refractivity contribution < 1.29 is 4.79 Å². The Labute approximate surface area is 96.8 Å². The number of nitrogens with one attached hydrogen (secondary N) is 1. The first-order chi connectivity index (χ1) is 7.08. The average Bonchev–Trinajstić information content (AvgIpc) is 2.30. The molecule has 0 saturated heterocycles. The molecular weight excluding hydrogens is 234 g/mol. The molecule has 1 aromatic heterocycles. The minimum Gasteiger partial charge on any atom is -0.322 e. The number of halogens is 1. The number of carbonyl (C=O) groups is 1. The van der Waals surface area contributed by atoms with E-state index in [1.54, 1.807) is 0 Å². The molecule has 1 atom stereocenters. The van der Waals surface area contributed by atoms with Crippen LogP contribution in [0.2, 0.25) is 5.28 Å². The number of aryl methyl sites for hydroxylation is 1. The van der Waals surface area contributed by atoms with E-state index < -0.39 is 0 Å². The number of carbonyl (C=O) groups excluding carboxylic acids is 1. The normalized spacial score (nSPS) is 20.5. The largest absolute Gasteiger partial charge is 0.322 e. The second-order valence-electron chi connectivity index (χ2n) is 3.46. The first kappa shape index (κ1) is 10.7. The van der Waals surface area contributed by atoms with Crippen LogP contribution >= 0.6 is 23.4 Å². The number of rotatable bonds is 0. The van der Waals surface area contributed by atoms with Crippen molar-refractivity contribution in [2.24, 2.45) is 5.92 Å². The fourth-order valence-electron chi connectivity index (χ4n) is 1.29. The number of nitrogens with zero attached hydrogens (tertiary/aromatic N) is 2. The highest BCUT2D eigenvalue weighted by molar-refractivity contribution is 7.99. The molecule has 4 nitrogen and oxygen atoms in total. The summed E-state index contributed by atoms with van der Waals surface area (Å²) in [5, 5.41) is 3.80. The van der Waals surface area contributed by atoms with Crippen LogP contribution in [-0.4, -0.2) is 21.6 Å². The molecule has 0 radical (unpaired) electrons. The lowest BCUT2D eigenvalue weighted by molar-refractivity contribution is -0.118. The summed E-state index contributed by atoms with van der Waals surface area (Å²) in [7, 11) is 0. The molecule has 1 aliphatic rings. The monoisotopic (exact) mass is 243 g/mol. The lowest BCUT2D eigenvalue weighted by Crippen LogP contribution is -2.20. The van der Waals surface area contributed by atoms with Crippen LogP contribution < -0.4 is 5.32 Å². The Bertz CT molecular complexity index is 424. The van der Waals surface area contributed by atoms with Crippen molar-refractivity contribution in [2.45, 2.75) is 18.9 Å². The maximum Gasteiger partial charge on any atom is 0.228 e. The van der Waals surface area contributed by atoms with E-state index in [0.29, 0.717) is 17.1 Å². The van der Waals surface area contributed by atoms with Crippen LogP contribution in [0.3, 0.4) is 0 Å². The van der Waals surface area contributed by atoms with Crippen LogP contribution in [0.5, 0.6) is 0 Å². The zero-order valence-electron chi connectivity index (χ0n) is 8.37. The third kappa shape index (κ3) is 2.08. The van der Waals surface area contributed by atoms with E-state index in [-0.39, 0.29) is 17.1 Å². The van der Waals surface area contributed by atoms with Gasteiger partial charge in [-0.15, -0.1) is 11.8 Å². The molecule has 1 unspecified atom stereocenters. The van der Waals surface area contributed by atoms with Gasteiger partial charge in [0.2, 0.25) is 11.2 Å². The highest BCUT2D eigenvalue weighted by Crippen LogP contribution is 2.33. The Morgan fingerprint density at radius 1 is 1.53 bits per heavy atom. The third-order valence-corrected chi connectivity index (χ3v) is 3.60. The standard InChI is InChI=1S/C9H10ClN3OS/c1-4-3-15-8-6(12-7(4)14)5(2)11-9(10)13-8/h4H,3H2,1-2H3,(H,12,14). The van der Waals surface area contributed by atoms with Gasteiger partial charge in [-0.3, -0.25) is 4.79 Å². The lowest BCUT2D eigenvalue weighted by atomic mass is 10.2. The minimum absolute atomic E-state index is 0.00951. The molecule has 1 amide bonds. The molecule has 0 saturated carbocycles. The molecule has 0 aliphatic carbocycles. The summed E-state index contributed by atoms with van der Waals surface area (Å²) in [6, 6.07) is 0. The zero-order chi connectivity index (χ0) is 11.0. The predicted octanol–water partition coefficient (Wildman–Crippen LogP) is 2.12. The van der Waals surface area contributed by atoms with Crippen LogP contribution in [-0.2, 0) is 4.79 Å². The summed E-state index contributed by atoms with van der Waals surface area (Å²) in [4.78, 5) is 19.7. The number of thioether (sulfide) groups is 1. The summed E-state index contributed by atoms with van der Waals surface area (Å²) >= 11 is 7.29. The highest BCUT2D eigenvalue weighted by atomic mass is 35.5. The topological polar surface area (TPSA) is 54.9 Å². The molecule has 0 aromatic carbocycles. The molecule has 1 N–H and O–H groups in total. The molecule has 0 fully saturated rings. The number of hydrogen-bond donors (Lipinski definition) is 1. The number of fused-ring (bicyclic) bond motifs is 1. The van der Waals surface area contributed by atoms with Gasteiger partial charge in [0.25, 0.3) is 0 Å². The van der Waals surface area contributed by atoms with Crippen molar-refractivity contribution in [3.8, 4) is 0 Å². The summed E-state index contributed by atoms with van der Waals surface area (Å²) < 4.78 is 0. The van der Waals surface area contributed by atoms with Gasteiger partial charge in [0, 0.05) is 11.7 Å². The number of amides is 1. The van der Waals surface area contributed by atoms with Gasteiger partial charge in [-0.25, -0.2) is 9.97 Å². The van der Waals surface area contributed by atoms with Crippen LogP contribution in [0.25, 0.3) is 0 Å². The molecular formula is C9H10ClN3OS. The number of hydrogen-bond acceptors (Lipinski definition) is 4. The van der Waals surface area contributed by atoms with Crippen molar-refractivity contribution in [1.82, 2.24) is 9.97 Å². The Hall–Kier alpha value is -0.810. The van der Waals surface area contributed by atoms with Gasteiger partial charge in [-0.1, -0.05) is 6.92 Å². The molecule has 1 aliphatic heterocycles. The first-order valence-corrected chi connectivity index (χ1v) is 5.92. The van der Waals surface area contributed by atoms with Gasteiger partial charge in [-0.2, -0.15) is 0 Å². The van der Waals surface area contributed by atoms with E-state index in [0.717, 1.165) is 5.03 Å². The van der Waals surface area contributed by atoms with E-state index in [4.69, 9.17) is 11.6 Å². The fourth-order valence-corrected chi connectivity index (χ4v) is 2.60. The van der Waals surface area contributed by atoms with E-state index in [1.165, 1.54) is 11.8 Å². The van der Waals surface area contributed by atoms with Crippen LogP contribution in [0.4, 0.5) is 5.69 Å². The number of aromatic nitrogens is 2. The molecule has 0 spiro atoms. The van der Waals surface area contributed by atoms with E-state index in [1.807, 2.05) is 13.8 Å². The van der Waals surface area contributed by atoms with Gasteiger partial charge in [0.05, 0.1) is 11.4 Å². The highest BCUT2D eigenvalue weighted by Gasteiger charge is 2.23. The zero-order valence-corrected chi connectivity index (χ0v) is 9.95. The van der Waals surface area contributed by atoms with E-state index >= 15 is 0 Å². The van der Waals surface area contributed by atoms with Crippen LogP contribution in [0.15, 0.2) is 5.03 Å². The third-order valence-electron chi connectivity index (χ3n) is 2.20. The molecule has 0 bridgehead atoms. The predicted molar refractivity (Wildman–Crippen MR) is 60.3 cm³/mol. The summed E-state index contributed by atoms with van der Waals surface area (Å²) in [6.45, 7) is 3.70. The lowest BCUT2D eigenvalue weighted by Gasteiger charge is -2.08. The van der Waals surface area contributed by atoms with Crippen molar-refractivity contribution in [1.29, 1.82) is 0 Å². The summed E-state index contributed by atoms with van der Waals surface area (Å²) in [6.07, 6.45) is 0.